The van der Waals surface area contributed by atoms with Gasteiger partial charge in [-0.3, -0.25) is 0 Å². The number of aromatic nitrogens is 3. The Morgan fingerprint density at radius 1 is 1.22 bits per heavy atom. The largest absolute Gasteiger partial charge is 0.368 e. The van der Waals surface area contributed by atoms with E-state index in [-0.39, 0.29) is 0 Å². The highest BCUT2D eigenvalue weighted by Crippen LogP contribution is 2.22. The van der Waals surface area contributed by atoms with Crippen LogP contribution in [0.5, 0.6) is 0 Å². The van der Waals surface area contributed by atoms with Gasteiger partial charge in [0.2, 0.25) is 17.8 Å². The van der Waals surface area contributed by atoms with Crippen LogP contribution in [0, 0.1) is 0 Å². The van der Waals surface area contributed by atoms with E-state index >= 15 is 0 Å². The molecular weight excluding hydrogens is 248 g/mol. The molecule has 2 fully saturated rings. The van der Waals surface area contributed by atoms with E-state index in [2.05, 4.69) is 25.2 Å². The molecule has 3 rings (SSSR count). The van der Waals surface area contributed by atoms with E-state index in [1.807, 2.05) is 11.8 Å². The van der Waals surface area contributed by atoms with Gasteiger partial charge in [0.05, 0.1) is 0 Å². The number of rotatable bonds is 3. The van der Waals surface area contributed by atoms with E-state index in [1.165, 1.54) is 18.6 Å². The molecule has 3 N–H and O–H groups in total. The number of thioether (sulfide) groups is 1. The fourth-order valence-corrected chi connectivity index (χ4v) is 3.49. The third-order valence-corrected chi connectivity index (χ3v) is 4.46. The number of anilines is 3. The Morgan fingerprint density at radius 2 is 2.06 bits per heavy atom. The third kappa shape index (κ3) is 2.60. The number of nitrogens with one attached hydrogen (secondary N) is 1. The lowest BCUT2D eigenvalue weighted by molar-refractivity contribution is 0.791. The molecule has 18 heavy (non-hydrogen) atoms. The van der Waals surface area contributed by atoms with Crippen LogP contribution in [0.3, 0.4) is 0 Å². The summed E-state index contributed by atoms with van der Waals surface area (Å²) >= 11 is 1.96. The summed E-state index contributed by atoms with van der Waals surface area (Å²) in [5, 5.41) is 3.36. The van der Waals surface area contributed by atoms with Crippen LogP contribution >= 0.6 is 11.8 Å². The predicted octanol–water partition coefficient (Wildman–Crippen LogP) is 0.971. The van der Waals surface area contributed by atoms with Gasteiger partial charge in [-0.2, -0.15) is 26.7 Å². The van der Waals surface area contributed by atoms with Crippen LogP contribution in [0.15, 0.2) is 0 Å². The summed E-state index contributed by atoms with van der Waals surface area (Å²) in [4.78, 5) is 15.1. The zero-order valence-corrected chi connectivity index (χ0v) is 11.1. The van der Waals surface area contributed by atoms with Crippen molar-refractivity contribution in [3.8, 4) is 0 Å². The lowest BCUT2D eigenvalue weighted by Crippen LogP contribution is -2.24. The highest BCUT2D eigenvalue weighted by Gasteiger charge is 2.19. The lowest BCUT2D eigenvalue weighted by Gasteiger charge is -2.17. The maximum Gasteiger partial charge on any atom is 0.231 e. The topological polar surface area (TPSA) is 80.0 Å². The van der Waals surface area contributed by atoms with E-state index in [1.54, 1.807) is 0 Å². The van der Waals surface area contributed by atoms with Gasteiger partial charge < -0.3 is 16.0 Å². The summed E-state index contributed by atoms with van der Waals surface area (Å²) in [7, 11) is 0. The maximum atomic E-state index is 5.77. The Morgan fingerprint density at radius 3 is 2.78 bits per heavy atom. The fourth-order valence-electron chi connectivity index (χ4n) is 2.33. The summed E-state index contributed by atoms with van der Waals surface area (Å²) < 4.78 is 0. The molecule has 6 nitrogen and oxygen atoms in total. The molecule has 1 unspecified atom stereocenters. The summed E-state index contributed by atoms with van der Waals surface area (Å²) in [6, 6.07) is 0.461. The van der Waals surface area contributed by atoms with Crippen LogP contribution in [0.4, 0.5) is 17.8 Å². The Labute approximate surface area is 111 Å². The van der Waals surface area contributed by atoms with Crippen molar-refractivity contribution in [3.05, 3.63) is 0 Å². The van der Waals surface area contributed by atoms with Crippen LogP contribution in [-0.2, 0) is 0 Å². The average molecular weight is 266 g/mol. The fraction of sp³-hybridized carbons (Fsp3) is 0.727. The highest BCUT2D eigenvalue weighted by molar-refractivity contribution is 7.99. The van der Waals surface area contributed by atoms with Gasteiger partial charge in [-0.05, 0) is 25.0 Å². The zero-order valence-electron chi connectivity index (χ0n) is 10.3. The minimum absolute atomic E-state index is 0.306. The number of nitrogen functional groups attached to an aromatic ring is 1. The molecule has 1 aromatic rings. The summed E-state index contributed by atoms with van der Waals surface area (Å²) in [5.74, 6) is 3.96. The summed E-state index contributed by atoms with van der Waals surface area (Å²) in [6.45, 7) is 2.03. The van der Waals surface area contributed by atoms with Crippen LogP contribution in [-0.4, -0.2) is 45.6 Å². The minimum Gasteiger partial charge on any atom is -0.368 e. The smallest absolute Gasteiger partial charge is 0.231 e. The number of nitrogens with two attached hydrogens (primary N) is 1. The predicted molar refractivity (Wildman–Crippen MR) is 75.0 cm³/mol. The Kier molecular flexibility index (Phi) is 3.40. The van der Waals surface area contributed by atoms with Crippen molar-refractivity contribution in [3.63, 3.8) is 0 Å². The Balaban J connectivity index is 1.76. The minimum atomic E-state index is 0.306. The summed E-state index contributed by atoms with van der Waals surface area (Å²) in [5.41, 5.74) is 5.77. The molecule has 2 aliphatic heterocycles. The second-order valence-electron chi connectivity index (χ2n) is 4.72. The SMILES string of the molecule is Nc1nc(NC2CCSC2)nc(N2CCCC2)n1. The van der Waals surface area contributed by atoms with Crippen molar-refractivity contribution < 1.29 is 0 Å². The molecule has 3 heterocycles. The van der Waals surface area contributed by atoms with E-state index in [0.29, 0.717) is 23.9 Å². The van der Waals surface area contributed by atoms with E-state index in [4.69, 9.17) is 5.73 Å². The molecule has 0 bridgehead atoms. The number of nitrogens with zero attached hydrogens (tertiary/aromatic N) is 4. The van der Waals surface area contributed by atoms with Gasteiger partial charge in [0.1, 0.15) is 0 Å². The standard InChI is InChI=1S/C11H18N6S/c12-9-14-10(13-8-3-6-18-7-8)16-11(15-9)17-4-1-2-5-17/h8H,1-7H2,(H3,12,13,14,15,16). The van der Waals surface area contributed by atoms with Crippen molar-refractivity contribution in [1.29, 1.82) is 0 Å². The maximum absolute atomic E-state index is 5.77. The first kappa shape index (κ1) is 11.8. The molecule has 0 aromatic carbocycles. The van der Waals surface area contributed by atoms with Gasteiger partial charge in [0, 0.05) is 24.9 Å². The van der Waals surface area contributed by atoms with Crippen molar-refractivity contribution in [2.45, 2.75) is 25.3 Å². The molecule has 1 aromatic heterocycles. The van der Waals surface area contributed by atoms with E-state index < -0.39 is 0 Å². The van der Waals surface area contributed by atoms with Crippen LogP contribution in [0.25, 0.3) is 0 Å². The van der Waals surface area contributed by atoms with Crippen molar-refractivity contribution in [1.82, 2.24) is 15.0 Å². The monoisotopic (exact) mass is 266 g/mol. The van der Waals surface area contributed by atoms with Crippen molar-refractivity contribution in [2.75, 3.05) is 40.5 Å². The normalized spacial score (nSPS) is 23.6. The molecule has 0 amide bonds. The second kappa shape index (κ2) is 5.17. The molecule has 0 aliphatic carbocycles. The highest BCUT2D eigenvalue weighted by atomic mass is 32.2. The van der Waals surface area contributed by atoms with Crippen molar-refractivity contribution >= 4 is 29.6 Å². The first-order valence-electron chi connectivity index (χ1n) is 6.42. The van der Waals surface area contributed by atoms with Gasteiger partial charge >= 0.3 is 0 Å². The van der Waals surface area contributed by atoms with Gasteiger partial charge in [-0.25, -0.2) is 0 Å². The van der Waals surface area contributed by atoms with Crippen molar-refractivity contribution in [2.24, 2.45) is 0 Å². The first-order chi connectivity index (χ1) is 8.81. The molecule has 0 saturated carbocycles. The molecule has 98 valence electrons. The van der Waals surface area contributed by atoms with Gasteiger partial charge in [-0.1, -0.05) is 0 Å². The first-order valence-corrected chi connectivity index (χ1v) is 7.57. The summed E-state index contributed by atoms with van der Waals surface area (Å²) in [6.07, 6.45) is 3.57. The lowest BCUT2D eigenvalue weighted by atomic mass is 10.3. The molecule has 0 radical (unpaired) electrons. The molecular formula is C11H18N6S. The second-order valence-corrected chi connectivity index (χ2v) is 5.87. The Hall–Kier alpha value is -1.24. The number of hydrogen-bond acceptors (Lipinski definition) is 7. The molecule has 2 aliphatic rings. The molecule has 2 saturated heterocycles. The molecule has 0 spiro atoms. The molecule has 1 atom stereocenters. The van der Waals surface area contributed by atoms with E-state index in [9.17, 15) is 0 Å². The van der Waals surface area contributed by atoms with Gasteiger partial charge in [-0.15, -0.1) is 0 Å². The third-order valence-electron chi connectivity index (χ3n) is 3.29. The van der Waals surface area contributed by atoms with Gasteiger partial charge in [0.25, 0.3) is 0 Å². The van der Waals surface area contributed by atoms with Gasteiger partial charge in [0.15, 0.2) is 0 Å². The quantitative estimate of drug-likeness (QED) is 0.843. The number of hydrogen-bond donors (Lipinski definition) is 2. The van der Waals surface area contributed by atoms with E-state index in [0.717, 1.165) is 25.3 Å². The average Bonchev–Trinajstić information content (AvgIpc) is 3.00. The van der Waals surface area contributed by atoms with Crippen LogP contribution in [0.1, 0.15) is 19.3 Å². The van der Waals surface area contributed by atoms with Crippen LogP contribution in [0.2, 0.25) is 0 Å². The van der Waals surface area contributed by atoms with Crippen LogP contribution < -0.4 is 16.0 Å². The Bertz CT molecular complexity index is 414. The zero-order chi connectivity index (χ0) is 12.4. The molecule has 7 heteroatoms.